The average Bonchev–Trinajstić information content (AvgIpc) is 3.04. The van der Waals surface area contributed by atoms with Gasteiger partial charge in [-0.2, -0.15) is 0 Å². The van der Waals surface area contributed by atoms with E-state index >= 15 is 0 Å². The molecule has 9 nitrogen and oxygen atoms in total. The van der Waals surface area contributed by atoms with Gasteiger partial charge < -0.3 is 18.9 Å². The van der Waals surface area contributed by atoms with Crippen LogP contribution in [0.2, 0.25) is 0 Å². The number of ether oxygens (including phenoxy) is 2. The Morgan fingerprint density at radius 1 is 0.633 bits per heavy atom. The molecule has 0 rings (SSSR count). The third-order valence-electron chi connectivity index (χ3n) is 7.87. The second-order valence-electron chi connectivity index (χ2n) is 14.0. The summed E-state index contributed by atoms with van der Waals surface area (Å²) >= 11 is 0. The lowest BCUT2D eigenvalue weighted by atomic mass is 10.1. The van der Waals surface area contributed by atoms with E-state index in [1.165, 1.54) is 32.1 Å². The van der Waals surface area contributed by atoms with Gasteiger partial charge in [-0.05, 0) is 64.2 Å². The number of hydrogen-bond acceptors (Lipinski definition) is 7. The van der Waals surface area contributed by atoms with E-state index in [0.717, 1.165) is 83.5 Å². The first-order valence-corrected chi connectivity index (χ1v) is 20.7. The zero-order valence-electron chi connectivity index (χ0n) is 31.9. The van der Waals surface area contributed by atoms with Crippen molar-refractivity contribution in [3.8, 4) is 0 Å². The van der Waals surface area contributed by atoms with Gasteiger partial charge in [-0.1, -0.05) is 108 Å². The van der Waals surface area contributed by atoms with E-state index < -0.39 is 26.5 Å². The first kappa shape index (κ1) is 47.2. The quantitative estimate of drug-likeness (QED) is 0.0231. The molecule has 0 aromatic carbocycles. The number of esters is 2. The number of carbonyl (C=O) groups excluding carboxylic acids is 2. The highest BCUT2D eigenvalue weighted by molar-refractivity contribution is 7.47. The standard InChI is InChI=1S/C39H72NO8P/c1-6-8-10-12-14-16-18-19-20-21-22-24-26-28-30-32-39(42)48-37(36-47-49(43,44)46-34-33-40(3,4)5)35-45-38(41)31-29-27-25-23-17-15-13-11-9-7-2/h11,13-14,16,19-20,37H,6-10,12,15,17-18,21-36H2,1-5H3/p+1/b13-11-,16-14-,20-19-. The zero-order chi connectivity index (χ0) is 36.5. The molecule has 2 atom stereocenters. The number of hydrogen-bond donors (Lipinski definition) is 1. The Morgan fingerprint density at radius 2 is 1.14 bits per heavy atom. The summed E-state index contributed by atoms with van der Waals surface area (Å²) in [4.78, 5) is 35.1. The number of phosphoric acid groups is 1. The molecule has 49 heavy (non-hydrogen) atoms. The summed E-state index contributed by atoms with van der Waals surface area (Å²) in [6.45, 7) is 4.28. The number of rotatable bonds is 34. The van der Waals surface area contributed by atoms with Crippen LogP contribution in [0.4, 0.5) is 0 Å². The van der Waals surface area contributed by atoms with Crippen LogP contribution in [0, 0.1) is 0 Å². The normalized spacial score (nSPS) is 14.2. The first-order chi connectivity index (χ1) is 23.5. The third-order valence-corrected chi connectivity index (χ3v) is 8.86. The molecule has 0 aromatic heterocycles. The van der Waals surface area contributed by atoms with Gasteiger partial charge in [-0.15, -0.1) is 0 Å². The lowest BCUT2D eigenvalue weighted by molar-refractivity contribution is -0.870. The van der Waals surface area contributed by atoms with Gasteiger partial charge in [0.1, 0.15) is 19.8 Å². The van der Waals surface area contributed by atoms with Crippen LogP contribution in [0.15, 0.2) is 36.5 Å². The van der Waals surface area contributed by atoms with Crippen molar-refractivity contribution in [2.45, 2.75) is 155 Å². The van der Waals surface area contributed by atoms with Crippen LogP contribution in [0.5, 0.6) is 0 Å². The minimum atomic E-state index is -4.37. The average molecular weight is 715 g/mol. The number of likely N-dealkylation sites (N-methyl/N-ethyl adjacent to an activating group) is 1. The van der Waals surface area contributed by atoms with Gasteiger partial charge in [0.25, 0.3) is 0 Å². The van der Waals surface area contributed by atoms with E-state index in [0.29, 0.717) is 17.4 Å². The van der Waals surface area contributed by atoms with Gasteiger partial charge in [0, 0.05) is 12.8 Å². The first-order valence-electron chi connectivity index (χ1n) is 19.2. The van der Waals surface area contributed by atoms with Crippen molar-refractivity contribution in [2.24, 2.45) is 0 Å². The third kappa shape index (κ3) is 35.8. The Kier molecular flexibility index (Phi) is 31.0. The molecule has 10 heteroatoms. The van der Waals surface area contributed by atoms with Crippen LogP contribution in [-0.2, 0) is 32.7 Å². The predicted octanol–water partition coefficient (Wildman–Crippen LogP) is 10.2. The molecule has 0 saturated carbocycles. The van der Waals surface area contributed by atoms with Gasteiger partial charge in [-0.3, -0.25) is 18.6 Å². The molecule has 0 aromatic rings. The van der Waals surface area contributed by atoms with Crippen LogP contribution in [0.25, 0.3) is 0 Å². The SMILES string of the molecule is CCC/C=C\CCCCCCCC(=O)OCC(COP(=O)(O)OCC[N+](C)(C)C)OC(=O)CCCCCCC/C=C\C/C=C\CCCCC. The Labute approximate surface area is 300 Å². The molecule has 0 aliphatic carbocycles. The summed E-state index contributed by atoms with van der Waals surface area (Å²) < 4.78 is 34.1. The van der Waals surface area contributed by atoms with E-state index in [1.807, 2.05) is 21.1 Å². The van der Waals surface area contributed by atoms with Gasteiger partial charge in [0.2, 0.25) is 0 Å². The molecule has 0 aliphatic heterocycles. The number of allylic oxidation sites excluding steroid dienone is 6. The molecule has 0 bridgehead atoms. The summed E-state index contributed by atoms with van der Waals surface area (Å²) in [5, 5.41) is 0. The Morgan fingerprint density at radius 3 is 1.71 bits per heavy atom. The molecule has 0 aliphatic rings. The molecule has 2 unspecified atom stereocenters. The van der Waals surface area contributed by atoms with Crippen molar-refractivity contribution < 1.29 is 42.1 Å². The summed E-state index contributed by atoms with van der Waals surface area (Å²) in [6, 6.07) is 0. The fourth-order valence-corrected chi connectivity index (χ4v) is 5.55. The van der Waals surface area contributed by atoms with Crippen molar-refractivity contribution in [1.29, 1.82) is 0 Å². The molecule has 0 amide bonds. The Bertz CT molecular complexity index is 944. The van der Waals surface area contributed by atoms with E-state index in [1.54, 1.807) is 0 Å². The summed E-state index contributed by atoms with van der Waals surface area (Å²) in [7, 11) is 1.46. The van der Waals surface area contributed by atoms with Crippen molar-refractivity contribution in [2.75, 3.05) is 47.5 Å². The van der Waals surface area contributed by atoms with Crippen molar-refractivity contribution in [3.05, 3.63) is 36.5 Å². The number of carbonyl (C=O) groups is 2. The van der Waals surface area contributed by atoms with Gasteiger partial charge >= 0.3 is 19.8 Å². The molecule has 0 radical (unpaired) electrons. The number of phosphoric ester groups is 1. The molecule has 286 valence electrons. The smallest absolute Gasteiger partial charge is 0.462 e. The summed E-state index contributed by atoms with van der Waals surface area (Å²) in [5.41, 5.74) is 0. The maximum atomic E-state index is 12.6. The van der Waals surface area contributed by atoms with Gasteiger partial charge in [0.15, 0.2) is 6.10 Å². The van der Waals surface area contributed by atoms with Gasteiger partial charge in [0.05, 0.1) is 27.7 Å². The molecule has 0 saturated heterocycles. The minimum absolute atomic E-state index is 0.0269. The lowest BCUT2D eigenvalue weighted by Crippen LogP contribution is -2.37. The summed E-state index contributed by atoms with van der Waals surface area (Å²) in [6.07, 6.45) is 33.4. The Balaban J connectivity index is 4.47. The second kappa shape index (κ2) is 32.2. The molecule has 1 N–H and O–H groups in total. The van der Waals surface area contributed by atoms with Gasteiger partial charge in [-0.25, -0.2) is 4.57 Å². The van der Waals surface area contributed by atoms with Crippen LogP contribution in [-0.4, -0.2) is 74.9 Å². The molecular formula is C39H73NO8P+. The van der Waals surface area contributed by atoms with Crippen LogP contribution in [0.1, 0.15) is 149 Å². The van der Waals surface area contributed by atoms with E-state index in [2.05, 4.69) is 50.3 Å². The zero-order valence-corrected chi connectivity index (χ0v) is 32.8. The fourth-order valence-electron chi connectivity index (χ4n) is 4.81. The molecule has 0 heterocycles. The topological polar surface area (TPSA) is 108 Å². The number of quaternary nitrogens is 1. The highest BCUT2D eigenvalue weighted by atomic mass is 31.2. The largest absolute Gasteiger partial charge is 0.472 e. The van der Waals surface area contributed by atoms with E-state index in [-0.39, 0.29) is 32.0 Å². The van der Waals surface area contributed by atoms with Crippen LogP contribution in [0.3, 0.4) is 0 Å². The number of nitrogens with zero attached hydrogens (tertiary/aromatic N) is 1. The second-order valence-corrected chi connectivity index (χ2v) is 15.4. The maximum absolute atomic E-state index is 12.6. The van der Waals surface area contributed by atoms with Crippen molar-refractivity contribution >= 4 is 19.8 Å². The van der Waals surface area contributed by atoms with Crippen LogP contribution >= 0.6 is 7.82 Å². The highest BCUT2D eigenvalue weighted by Crippen LogP contribution is 2.43. The van der Waals surface area contributed by atoms with E-state index in [9.17, 15) is 19.0 Å². The van der Waals surface area contributed by atoms with Crippen molar-refractivity contribution in [3.63, 3.8) is 0 Å². The molecule has 0 fully saturated rings. The maximum Gasteiger partial charge on any atom is 0.472 e. The highest BCUT2D eigenvalue weighted by Gasteiger charge is 2.27. The minimum Gasteiger partial charge on any atom is -0.462 e. The van der Waals surface area contributed by atoms with Crippen LogP contribution < -0.4 is 0 Å². The molecule has 0 spiro atoms. The predicted molar refractivity (Wildman–Crippen MR) is 201 cm³/mol. The summed E-state index contributed by atoms with van der Waals surface area (Å²) in [5.74, 6) is -0.831. The molecular weight excluding hydrogens is 641 g/mol. The Hall–Kier alpha value is -1.77. The fraction of sp³-hybridized carbons (Fsp3) is 0.795. The van der Waals surface area contributed by atoms with Crippen molar-refractivity contribution in [1.82, 2.24) is 0 Å². The van der Waals surface area contributed by atoms with E-state index in [4.69, 9.17) is 18.5 Å². The lowest BCUT2D eigenvalue weighted by Gasteiger charge is -2.24. The number of unbranched alkanes of at least 4 members (excludes halogenated alkanes) is 14. The monoisotopic (exact) mass is 715 g/mol.